The molecule has 1 rings (SSSR count). The molecular formula is C8H12N2O4S. The van der Waals surface area contributed by atoms with Crippen LogP contribution in [0, 0.1) is 0 Å². The van der Waals surface area contributed by atoms with Crippen molar-refractivity contribution in [1.29, 1.82) is 0 Å². The highest BCUT2D eigenvalue weighted by molar-refractivity contribution is 7.92. The first-order valence-electron chi connectivity index (χ1n) is 4.14. The van der Waals surface area contributed by atoms with Crippen LogP contribution in [0.5, 0.6) is 5.75 Å². The van der Waals surface area contributed by atoms with E-state index in [4.69, 9.17) is 15.9 Å². The van der Waals surface area contributed by atoms with E-state index in [0.717, 1.165) is 0 Å². The zero-order valence-electron chi connectivity index (χ0n) is 7.84. The SMILES string of the molecule is Nc1cc(NS(=O)(=O)CCO)ccc1O. The molecule has 0 atom stereocenters. The Morgan fingerprint density at radius 3 is 2.60 bits per heavy atom. The van der Waals surface area contributed by atoms with Crippen LogP contribution in [0.25, 0.3) is 0 Å². The second-order valence-corrected chi connectivity index (χ2v) is 4.76. The number of nitrogens with two attached hydrogens (primary N) is 1. The van der Waals surface area contributed by atoms with Crippen molar-refractivity contribution in [2.45, 2.75) is 0 Å². The molecule has 0 aliphatic rings. The van der Waals surface area contributed by atoms with Crippen molar-refractivity contribution in [1.82, 2.24) is 0 Å². The van der Waals surface area contributed by atoms with Gasteiger partial charge >= 0.3 is 0 Å². The summed E-state index contributed by atoms with van der Waals surface area (Å²) in [4.78, 5) is 0. The van der Waals surface area contributed by atoms with Crippen LogP contribution in [-0.4, -0.2) is 31.0 Å². The van der Waals surface area contributed by atoms with Crippen molar-refractivity contribution in [2.75, 3.05) is 22.8 Å². The minimum absolute atomic E-state index is 0.0826. The average Bonchev–Trinajstić information content (AvgIpc) is 2.10. The van der Waals surface area contributed by atoms with Gasteiger partial charge in [-0.15, -0.1) is 0 Å². The molecule has 0 saturated carbocycles. The molecule has 0 aliphatic heterocycles. The number of aliphatic hydroxyl groups excluding tert-OH is 1. The molecule has 0 heterocycles. The van der Waals surface area contributed by atoms with Gasteiger partial charge in [-0.05, 0) is 18.2 Å². The maximum absolute atomic E-state index is 11.2. The summed E-state index contributed by atoms with van der Waals surface area (Å²) >= 11 is 0. The first kappa shape index (κ1) is 11.6. The predicted molar refractivity (Wildman–Crippen MR) is 57.0 cm³/mol. The Morgan fingerprint density at radius 1 is 1.40 bits per heavy atom. The summed E-state index contributed by atoms with van der Waals surface area (Å²) in [6.45, 7) is -0.455. The van der Waals surface area contributed by atoms with Gasteiger partial charge < -0.3 is 15.9 Å². The van der Waals surface area contributed by atoms with Crippen LogP contribution in [0.4, 0.5) is 11.4 Å². The van der Waals surface area contributed by atoms with Crippen LogP contribution in [0.1, 0.15) is 0 Å². The second kappa shape index (κ2) is 4.37. The van der Waals surface area contributed by atoms with Crippen LogP contribution >= 0.6 is 0 Å². The monoisotopic (exact) mass is 232 g/mol. The number of benzene rings is 1. The molecule has 5 N–H and O–H groups in total. The van der Waals surface area contributed by atoms with Crippen LogP contribution < -0.4 is 10.5 Å². The molecular weight excluding hydrogens is 220 g/mol. The van der Waals surface area contributed by atoms with Crippen molar-refractivity contribution in [2.24, 2.45) is 0 Å². The van der Waals surface area contributed by atoms with Crippen LogP contribution in [0.2, 0.25) is 0 Å². The fourth-order valence-corrected chi connectivity index (χ4v) is 1.80. The second-order valence-electron chi connectivity index (χ2n) is 2.92. The Morgan fingerprint density at radius 2 is 2.07 bits per heavy atom. The molecule has 0 bridgehead atoms. The standard InChI is InChI=1S/C8H12N2O4S/c9-7-5-6(1-2-8(7)12)10-15(13,14)4-3-11/h1-2,5,10-12H,3-4,9H2. The summed E-state index contributed by atoms with van der Waals surface area (Å²) in [5, 5.41) is 17.6. The van der Waals surface area contributed by atoms with Gasteiger partial charge in [0.15, 0.2) is 0 Å². The number of hydrogen-bond donors (Lipinski definition) is 4. The van der Waals surface area contributed by atoms with E-state index in [-0.39, 0.29) is 22.9 Å². The van der Waals surface area contributed by atoms with Gasteiger partial charge in [-0.25, -0.2) is 8.42 Å². The molecule has 0 amide bonds. The summed E-state index contributed by atoms with van der Waals surface area (Å²) in [6.07, 6.45) is 0. The topological polar surface area (TPSA) is 113 Å². The third-order valence-electron chi connectivity index (χ3n) is 1.66. The predicted octanol–water partition coefficient (Wildman–Crippen LogP) is -0.292. The number of nitrogens with one attached hydrogen (secondary N) is 1. The fraction of sp³-hybridized carbons (Fsp3) is 0.250. The van der Waals surface area contributed by atoms with Gasteiger partial charge in [0, 0.05) is 0 Å². The molecule has 7 heteroatoms. The Balaban J connectivity index is 2.86. The zero-order chi connectivity index (χ0) is 11.5. The number of rotatable bonds is 4. The molecule has 0 aromatic heterocycles. The van der Waals surface area contributed by atoms with Crippen molar-refractivity contribution in [3.8, 4) is 5.75 Å². The van der Waals surface area contributed by atoms with Crippen molar-refractivity contribution in [3.63, 3.8) is 0 Å². The number of aliphatic hydroxyl groups is 1. The highest BCUT2D eigenvalue weighted by atomic mass is 32.2. The van der Waals surface area contributed by atoms with Gasteiger partial charge in [-0.1, -0.05) is 0 Å². The highest BCUT2D eigenvalue weighted by Crippen LogP contribution is 2.23. The average molecular weight is 232 g/mol. The number of phenols is 1. The lowest BCUT2D eigenvalue weighted by Gasteiger charge is -2.07. The molecule has 0 aliphatic carbocycles. The molecule has 0 radical (unpaired) electrons. The molecule has 1 aromatic carbocycles. The van der Waals surface area contributed by atoms with E-state index >= 15 is 0 Å². The van der Waals surface area contributed by atoms with E-state index in [1.165, 1.54) is 18.2 Å². The molecule has 0 fully saturated rings. The Labute approximate surface area is 87.4 Å². The molecule has 6 nitrogen and oxygen atoms in total. The minimum Gasteiger partial charge on any atom is -0.506 e. The number of aromatic hydroxyl groups is 1. The van der Waals surface area contributed by atoms with Gasteiger partial charge in [0.25, 0.3) is 0 Å². The zero-order valence-corrected chi connectivity index (χ0v) is 8.66. The van der Waals surface area contributed by atoms with Gasteiger partial charge in [0.05, 0.1) is 23.7 Å². The first-order valence-corrected chi connectivity index (χ1v) is 5.79. The molecule has 0 saturated heterocycles. The Hall–Kier alpha value is -1.47. The van der Waals surface area contributed by atoms with Gasteiger partial charge in [0.2, 0.25) is 10.0 Å². The van der Waals surface area contributed by atoms with E-state index in [2.05, 4.69) is 4.72 Å². The largest absolute Gasteiger partial charge is 0.506 e. The number of phenolic OH excluding ortho intramolecular Hbond substituents is 1. The summed E-state index contributed by atoms with van der Waals surface area (Å²) in [5.74, 6) is -0.492. The number of hydrogen-bond acceptors (Lipinski definition) is 5. The molecule has 1 aromatic rings. The van der Waals surface area contributed by atoms with Crippen LogP contribution in [0.3, 0.4) is 0 Å². The van der Waals surface area contributed by atoms with E-state index in [1.54, 1.807) is 0 Å². The molecule has 0 spiro atoms. The van der Waals surface area contributed by atoms with E-state index in [0.29, 0.717) is 0 Å². The minimum atomic E-state index is -3.55. The lowest BCUT2D eigenvalue weighted by molar-refractivity contribution is 0.320. The fourth-order valence-electron chi connectivity index (χ4n) is 0.969. The Bertz CT molecular complexity index is 444. The number of nitrogen functional groups attached to an aromatic ring is 1. The number of anilines is 2. The van der Waals surface area contributed by atoms with Gasteiger partial charge in [-0.3, -0.25) is 4.72 Å². The van der Waals surface area contributed by atoms with E-state index < -0.39 is 16.6 Å². The maximum Gasteiger partial charge on any atom is 0.234 e. The first-order chi connectivity index (χ1) is 6.94. The van der Waals surface area contributed by atoms with Crippen molar-refractivity contribution in [3.05, 3.63) is 18.2 Å². The third kappa shape index (κ3) is 3.30. The quantitative estimate of drug-likeness (QED) is 0.323. The summed E-state index contributed by atoms with van der Waals surface area (Å²) in [5.41, 5.74) is 5.71. The Kier molecular flexibility index (Phi) is 3.38. The van der Waals surface area contributed by atoms with Crippen LogP contribution in [0.15, 0.2) is 18.2 Å². The summed E-state index contributed by atoms with van der Waals surface area (Å²) < 4.78 is 24.7. The van der Waals surface area contributed by atoms with E-state index in [9.17, 15) is 8.42 Å². The number of sulfonamides is 1. The van der Waals surface area contributed by atoms with Crippen molar-refractivity contribution >= 4 is 21.4 Å². The van der Waals surface area contributed by atoms with Crippen LogP contribution in [-0.2, 0) is 10.0 Å². The lowest BCUT2D eigenvalue weighted by atomic mass is 10.3. The highest BCUT2D eigenvalue weighted by Gasteiger charge is 2.09. The normalized spacial score (nSPS) is 11.3. The molecule has 84 valence electrons. The maximum atomic E-state index is 11.2. The lowest BCUT2D eigenvalue weighted by Crippen LogP contribution is -2.18. The van der Waals surface area contributed by atoms with Gasteiger partial charge in [-0.2, -0.15) is 0 Å². The summed E-state index contributed by atoms with van der Waals surface area (Å²) in [7, 11) is -3.55. The smallest absolute Gasteiger partial charge is 0.234 e. The summed E-state index contributed by atoms with van der Waals surface area (Å²) in [6, 6.07) is 3.96. The molecule has 0 unspecified atom stereocenters. The molecule has 15 heavy (non-hydrogen) atoms. The van der Waals surface area contributed by atoms with E-state index in [1.807, 2.05) is 0 Å². The third-order valence-corrected chi connectivity index (χ3v) is 2.93. The van der Waals surface area contributed by atoms with Gasteiger partial charge in [0.1, 0.15) is 5.75 Å². The van der Waals surface area contributed by atoms with Crippen molar-refractivity contribution < 1.29 is 18.6 Å².